The fraction of sp³-hybridized carbons (Fsp3) is 0. The maximum Gasteiger partial charge on any atom is 0.138 e. The Morgan fingerprint density at radius 3 is 1.27 bits per heavy atom. The van der Waals surface area contributed by atoms with E-state index in [9.17, 15) is 0 Å². The number of aromatic nitrogens is 6. The Kier molecular flexibility index (Phi) is 14.4. The summed E-state index contributed by atoms with van der Waals surface area (Å²) >= 11 is 5.64. The number of para-hydroxylation sites is 4. The van der Waals surface area contributed by atoms with Gasteiger partial charge in [0.25, 0.3) is 0 Å². The van der Waals surface area contributed by atoms with Gasteiger partial charge in [0.15, 0.2) is 0 Å². The van der Waals surface area contributed by atoms with E-state index >= 15 is 0 Å². The van der Waals surface area contributed by atoms with Crippen molar-refractivity contribution >= 4 is 162 Å². The molecule has 0 atom stereocenters. The van der Waals surface area contributed by atoms with Crippen LogP contribution in [0.25, 0.3) is 188 Å². The van der Waals surface area contributed by atoms with Crippen LogP contribution in [-0.4, -0.2) is 28.7 Å². The molecule has 9 heteroatoms. The summed E-state index contributed by atoms with van der Waals surface area (Å²) in [6.45, 7) is 0. The Bertz CT molecular complexity index is 6980. The standard InChI is InChI=1S/C35H22N2S.2C29H18N2S/c1-2-8-24(9-3-1)32-22-26-17-20-31-33(35(26)38-32)29-12-4-5-14-30(29)37(31)27-18-15-23(16-19-27)28-13-6-10-25-11-7-21-36-34(25)28;1-2-8-19(9-3-1)27-18-20-15-16-26-28(29(20)32-27)22-10-4-5-13-25(22)31(26)24-14-6-12-23-21(24)11-7-17-30-23;1-2-8-19(9-3-1)26-16-21-14-15-25-28(29(21)32-26)23-12-6-7-13-24(23)31(25)27-17-20-10-4-5-11-22(20)18-30-27/h1-22H;2*1-18H. The molecule has 0 radical (unpaired) electrons. The van der Waals surface area contributed by atoms with E-state index in [1.54, 1.807) is 0 Å². The second-order valence-corrected chi connectivity index (χ2v) is 28.9. The molecular weight excluding hydrogens is 1300 g/mol. The minimum absolute atomic E-state index is 0.953. The number of fused-ring (bicyclic) bond motifs is 18. The van der Waals surface area contributed by atoms with Crippen LogP contribution < -0.4 is 0 Å². The van der Waals surface area contributed by atoms with Gasteiger partial charge in [-0.3, -0.25) is 14.5 Å². The topological polar surface area (TPSA) is 53.5 Å². The molecule has 13 aromatic carbocycles. The van der Waals surface area contributed by atoms with Crippen LogP contribution in [0, 0.1) is 0 Å². The molecule has 22 rings (SSSR count). The lowest BCUT2D eigenvalue weighted by atomic mass is 10.0. The van der Waals surface area contributed by atoms with E-state index in [1.165, 1.54) is 144 Å². The average Bonchev–Trinajstić information content (AvgIpc) is 1.58. The molecule has 22 aromatic rings. The van der Waals surface area contributed by atoms with Crippen LogP contribution in [-0.2, 0) is 0 Å². The molecular formula is C93H58N6S3. The third-order valence-corrected chi connectivity index (χ3v) is 23.6. The van der Waals surface area contributed by atoms with E-state index < -0.39 is 0 Å². The number of pyridine rings is 3. The van der Waals surface area contributed by atoms with Gasteiger partial charge in [0.05, 0.1) is 49.8 Å². The monoisotopic (exact) mass is 1350 g/mol. The summed E-state index contributed by atoms with van der Waals surface area (Å²) < 4.78 is 11.1. The third kappa shape index (κ3) is 9.99. The highest BCUT2D eigenvalue weighted by Crippen LogP contribution is 2.47. The Morgan fingerprint density at radius 2 is 0.696 bits per heavy atom. The lowest BCUT2D eigenvalue weighted by molar-refractivity contribution is 1.09. The van der Waals surface area contributed by atoms with E-state index in [0.717, 1.165) is 44.3 Å². The molecule has 0 spiro atoms. The van der Waals surface area contributed by atoms with Crippen molar-refractivity contribution in [2.45, 2.75) is 0 Å². The molecule has 9 aromatic heterocycles. The van der Waals surface area contributed by atoms with Crippen LogP contribution in [0.3, 0.4) is 0 Å². The zero-order chi connectivity index (χ0) is 67.2. The predicted octanol–water partition coefficient (Wildman–Crippen LogP) is 26.3. The summed E-state index contributed by atoms with van der Waals surface area (Å²) in [6, 6.07) is 119. The Morgan fingerprint density at radius 1 is 0.255 bits per heavy atom. The largest absolute Gasteiger partial charge is 0.309 e. The Labute approximate surface area is 598 Å². The lowest BCUT2D eigenvalue weighted by Gasteiger charge is -2.11. The number of rotatable bonds is 7. The molecule has 6 nitrogen and oxygen atoms in total. The second-order valence-electron chi connectivity index (χ2n) is 25.8. The van der Waals surface area contributed by atoms with Crippen molar-refractivity contribution < 1.29 is 0 Å². The van der Waals surface area contributed by atoms with Gasteiger partial charge in [-0.25, -0.2) is 4.98 Å². The van der Waals surface area contributed by atoms with Crippen LogP contribution in [0.5, 0.6) is 0 Å². The first-order chi connectivity index (χ1) is 50.6. The van der Waals surface area contributed by atoms with Crippen molar-refractivity contribution in [2.75, 3.05) is 0 Å². The van der Waals surface area contributed by atoms with Crippen molar-refractivity contribution in [1.82, 2.24) is 28.7 Å². The molecule has 0 amide bonds. The van der Waals surface area contributed by atoms with Gasteiger partial charge in [-0.15, -0.1) is 34.0 Å². The number of hydrogen-bond donors (Lipinski definition) is 0. The summed E-state index contributed by atoms with van der Waals surface area (Å²) in [5, 5.41) is 16.4. The van der Waals surface area contributed by atoms with Gasteiger partial charge in [-0.1, -0.05) is 231 Å². The third-order valence-electron chi connectivity index (χ3n) is 19.9. The molecule has 0 bridgehead atoms. The molecule has 102 heavy (non-hydrogen) atoms. The molecule has 0 saturated carbocycles. The van der Waals surface area contributed by atoms with Gasteiger partial charge < -0.3 is 9.13 Å². The van der Waals surface area contributed by atoms with E-state index in [2.05, 4.69) is 345 Å². The van der Waals surface area contributed by atoms with Crippen molar-refractivity contribution in [3.8, 4) is 59.6 Å². The number of benzene rings is 13. The Hall–Kier alpha value is -12.6. The van der Waals surface area contributed by atoms with Crippen LogP contribution >= 0.6 is 34.0 Å². The fourth-order valence-corrected chi connectivity index (χ4v) is 18.9. The van der Waals surface area contributed by atoms with Gasteiger partial charge in [0, 0.05) is 107 Å². The molecule has 0 aliphatic heterocycles. The van der Waals surface area contributed by atoms with Crippen LogP contribution in [0.1, 0.15) is 0 Å². The van der Waals surface area contributed by atoms with Gasteiger partial charge in [-0.2, -0.15) is 0 Å². The highest BCUT2D eigenvalue weighted by molar-refractivity contribution is 7.24. The van der Waals surface area contributed by atoms with E-state index in [0.29, 0.717) is 0 Å². The molecule has 0 N–H and O–H groups in total. The minimum atomic E-state index is 0.953. The van der Waals surface area contributed by atoms with Crippen LogP contribution in [0.15, 0.2) is 352 Å². The molecule has 0 saturated heterocycles. The normalized spacial score (nSPS) is 11.7. The number of hydrogen-bond acceptors (Lipinski definition) is 6. The van der Waals surface area contributed by atoms with E-state index in [1.807, 2.05) is 64.7 Å². The van der Waals surface area contributed by atoms with E-state index in [4.69, 9.17) is 4.98 Å². The smallest absolute Gasteiger partial charge is 0.138 e. The quantitative estimate of drug-likeness (QED) is 0.160. The summed E-state index contributed by atoms with van der Waals surface area (Å²) in [4.78, 5) is 18.0. The zero-order valence-electron chi connectivity index (χ0n) is 54.9. The number of thiophene rings is 3. The van der Waals surface area contributed by atoms with Crippen molar-refractivity contribution in [1.29, 1.82) is 0 Å². The molecule has 0 aliphatic rings. The van der Waals surface area contributed by atoms with Gasteiger partial charge in [0.2, 0.25) is 0 Å². The summed E-state index contributed by atoms with van der Waals surface area (Å²) in [5.41, 5.74) is 17.8. The van der Waals surface area contributed by atoms with Crippen molar-refractivity contribution in [2.24, 2.45) is 0 Å². The minimum Gasteiger partial charge on any atom is -0.309 e. The molecule has 9 heterocycles. The summed E-state index contributed by atoms with van der Waals surface area (Å²) in [6.07, 6.45) is 5.70. The number of nitrogens with zero attached hydrogens (tertiary/aromatic N) is 6. The van der Waals surface area contributed by atoms with Gasteiger partial charge >= 0.3 is 0 Å². The summed E-state index contributed by atoms with van der Waals surface area (Å²) in [5.74, 6) is 0.953. The SMILES string of the molecule is c1ccc(-c2cc3ccc4c(c5ccccc5n4-c4cc5ccccc5cn4)c3s2)cc1.c1ccc(-c2cc3ccc4c(c5ccccc5n4-c4ccc(-c5cccc6cccnc56)cc4)c3s2)cc1.c1ccc(-c2cc3ccc4c(c5ccccc5n4-c4cccc5ncccc45)c3s2)cc1. The highest BCUT2D eigenvalue weighted by atomic mass is 32.1. The van der Waals surface area contributed by atoms with Gasteiger partial charge in [0.1, 0.15) is 5.82 Å². The Balaban J connectivity index is 0.000000103. The molecule has 478 valence electrons. The fourth-order valence-electron chi connectivity index (χ4n) is 15.3. The van der Waals surface area contributed by atoms with Crippen molar-refractivity contribution in [3.63, 3.8) is 0 Å². The van der Waals surface area contributed by atoms with E-state index in [-0.39, 0.29) is 0 Å². The van der Waals surface area contributed by atoms with Crippen molar-refractivity contribution in [3.05, 3.63) is 352 Å². The average molecular weight is 1360 g/mol. The van der Waals surface area contributed by atoms with Crippen LogP contribution in [0.4, 0.5) is 0 Å². The second kappa shape index (κ2) is 24.7. The predicted molar refractivity (Wildman–Crippen MR) is 436 cm³/mol. The molecule has 0 unspecified atom stereocenters. The first-order valence-electron chi connectivity index (χ1n) is 34.3. The van der Waals surface area contributed by atoms with Gasteiger partial charge in [-0.05, 0) is 147 Å². The first kappa shape index (κ1) is 59.4. The summed E-state index contributed by atoms with van der Waals surface area (Å²) in [7, 11) is 0. The lowest BCUT2D eigenvalue weighted by Crippen LogP contribution is -1.96. The first-order valence-corrected chi connectivity index (χ1v) is 36.7. The maximum absolute atomic E-state index is 4.85. The molecule has 0 aliphatic carbocycles. The van der Waals surface area contributed by atoms with Crippen LogP contribution in [0.2, 0.25) is 0 Å². The molecule has 0 fully saturated rings. The maximum atomic E-state index is 4.85. The highest BCUT2D eigenvalue weighted by Gasteiger charge is 2.22. The zero-order valence-corrected chi connectivity index (χ0v) is 57.3.